The molecular weight excluding hydrogens is 221 g/mol. The van der Waals surface area contributed by atoms with Gasteiger partial charge in [-0.3, -0.25) is 0 Å². The molecule has 0 radical (unpaired) electrons. The van der Waals surface area contributed by atoms with E-state index < -0.39 is 0 Å². The Labute approximate surface area is 99.9 Å². The molecule has 0 saturated carbocycles. The standard InChI is InChI=1S/C13H16FNO2/c14-12-10(7-9-3-5-15-6-4-9)1-2-11-13(12)17-8-16-11/h1-2,9,15H,3-8H2. The Morgan fingerprint density at radius 1 is 1.24 bits per heavy atom. The molecule has 2 aliphatic heterocycles. The minimum Gasteiger partial charge on any atom is -0.453 e. The molecule has 3 nitrogen and oxygen atoms in total. The van der Waals surface area contributed by atoms with Gasteiger partial charge in [0.2, 0.25) is 12.5 Å². The van der Waals surface area contributed by atoms with Crippen LogP contribution in [0.15, 0.2) is 12.1 Å². The molecule has 2 aliphatic rings. The summed E-state index contributed by atoms with van der Waals surface area (Å²) in [4.78, 5) is 0. The van der Waals surface area contributed by atoms with Gasteiger partial charge in [-0.05, 0) is 49.9 Å². The lowest BCUT2D eigenvalue weighted by Crippen LogP contribution is -2.28. The van der Waals surface area contributed by atoms with Gasteiger partial charge in [0.05, 0.1) is 0 Å². The average Bonchev–Trinajstić information content (AvgIpc) is 2.83. The molecule has 3 rings (SSSR count). The fourth-order valence-corrected chi connectivity index (χ4v) is 2.53. The zero-order valence-electron chi connectivity index (χ0n) is 9.67. The van der Waals surface area contributed by atoms with E-state index in [-0.39, 0.29) is 18.4 Å². The van der Waals surface area contributed by atoms with Crippen LogP contribution in [0.3, 0.4) is 0 Å². The molecule has 1 saturated heterocycles. The van der Waals surface area contributed by atoms with Crippen LogP contribution in [0.1, 0.15) is 18.4 Å². The predicted molar refractivity (Wildman–Crippen MR) is 61.8 cm³/mol. The van der Waals surface area contributed by atoms with Gasteiger partial charge in [-0.15, -0.1) is 0 Å². The van der Waals surface area contributed by atoms with Crippen LogP contribution in [-0.4, -0.2) is 19.9 Å². The van der Waals surface area contributed by atoms with Crippen molar-refractivity contribution in [2.24, 2.45) is 5.92 Å². The summed E-state index contributed by atoms with van der Waals surface area (Å²) >= 11 is 0. The second kappa shape index (κ2) is 4.53. The van der Waals surface area contributed by atoms with E-state index in [4.69, 9.17) is 9.47 Å². The van der Waals surface area contributed by atoms with Gasteiger partial charge in [-0.2, -0.15) is 0 Å². The Morgan fingerprint density at radius 3 is 2.88 bits per heavy atom. The van der Waals surface area contributed by atoms with Gasteiger partial charge in [0.1, 0.15) is 0 Å². The summed E-state index contributed by atoms with van der Waals surface area (Å²) in [7, 11) is 0. The molecule has 0 spiro atoms. The number of halogens is 1. The topological polar surface area (TPSA) is 30.5 Å². The highest BCUT2D eigenvalue weighted by atomic mass is 19.1. The van der Waals surface area contributed by atoms with Crippen LogP contribution < -0.4 is 14.8 Å². The summed E-state index contributed by atoms with van der Waals surface area (Å²) in [6, 6.07) is 3.63. The summed E-state index contributed by atoms with van der Waals surface area (Å²) in [5.41, 5.74) is 0.751. The van der Waals surface area contributed by atoms with Crippen molar-refractivity contribution < 1.29 is 13.9 Å². The summed E-state index contributed by atoms with van der Waals surface area (Å²) in [5.74, 6) is 1.15. The van der Waals surface area contributed by atoms with Crippen LogP contribution in [0.2, 0.25) is 0 Å². The molecule has 0 bridgehead atoms. The van der Waals surface area contributed by atoms with Crippen LogP contribution in [-0.2, 0) is 6.42 Å². The Bertz CT molecular complexity index is 416. The van der Waals surface area contributed by atoms with Gasteiger partial charge in [0.15, 0.2) is 11.6 Å². The van der Waals surface area contributed by atoms with Crippen molar-refractivity contribution in [1.82, 2.24) is 5.32 Å². The molecule has 92 valence electrons. The maximum Gasteiger partial charge on any atom is 0.231 e. The SMILES string of the molecule is Fc1c(CC2CCNCC2)ccc2c1OCO2. The Kier molecular flexibility index (Phi) is 2.89. The van der Waals surface area contributed by atoms with Crippen LogP contribution in [0, 0.1) is 11.7 Å². The number of rotatable bonds is 2. The lowest BCUT2D eigenvalue weighted by atomic mass is 9.90. The summed E-state index contributed by atoms with van der Waals surface area (Å²) in [6.45, 7) is 2.21. The molecule has 1 fully saturated rings. The van der Waals surface area contributed by atoms with Crippen molar-refractivity contribution in [3.05, 3.63) is 23.5 Å². The van der Waals surface area contributed by atoms with Crippen molar-refractivity contribution in [3.63, 3.8) is 0 Å². The number of ether oxygens (including phenoxy) is 2. The highest BCUT2D eigenvalue weighted by molar-refractivity contribution is 5.46. The van der Waals surface area contributed by atoms with E-state index in [9.17, 15) is 4.39 Å². The normalized spacial score (nSPS) is 19.6. The molecule has 17 heavy (non-hydrogen) atoms. The summed E-state index contributed by atoms with van der Waals surface area (Å²) < 4.78 is 24.4. The molecule has 0 aromatic heterocycles. The molecule has 0 aliphatic carbocycles. The van der Waals surface area contributed by atoms with Crippen molar-refractivity contribution in [1.29, 1.82) is 0 Å². The van der Waals surface area contributed by atoms with E-state index >= 15 is 0 Å². The summed E-state index contributed by atoms with van der Waals surface area (Å²) in [5, 5.41) is 3.32. The van der Waals surface area contributed by atoms with E-state index in [0.29, 0.717) is 11.7 Å². The fraction of sp³-hybridized carbons (Fsp3) is 0.538. The first-order chi connectivity index (χ1) is 8.34. The van der Waals surface area contributed by atoms with E-state index in [1.807, 2.05) is 12.1 Å². The third-order valence-electron chi connectivity index (χ3n) is 3.53. The molecule has 0 unspecified atom stereocenters. The van der Waals surface area contributed by atoms with Gasteiger partial charge in [0.25, 0.3) is 0 Å². The first kappa shape index (κ1) is 10.8. The number of benzene rings is 1. The zero-order valence-corrected chi connectivity index (χ0v) is 9.67. The van der Waals surface area contributed by atoms with Gasteiger partial charge in [-0.25, -0.2) is 4.39 Å². The van der Waals surface area contributed by atoms with Crippen molar-refractivity contribution in [2.45, 2.75) is 19.3 Å². The van der Waals surface area contributed by atoms with E-state index in [0.717, 1.165) is 37.9 Å². The Morgan fingerprint density at radius 2 is 2.06 bits per heavy atom. The fourth-order valence-electron chi connectivity index (χ4n) is 2.53. The second-order valence-corrected chi connectivity index (χ2v) is 4.67. The number of nitrogens with one attached hydrogen (secondary N) is 1. The molecule has 0 amide bonds. The van der Waals surface area contributed by atoms with Crippen LogP contribution >= 0.6 is 0 Å². The highest BCUT2D eigenvalue weighted by Gasteiger charge is 2.23. The highest BCUT2D eigenvalue weighted by Crippen LogP contribution is 2.37. The van der Waals surface area contributed by atoms with E-state index in [1.165, 1.54) is 0 Å². The number of fused-ring (bicyclic) bond motifs is 1. The van der Waals surface area contributed by atoms with Gasteiger partial charge < -0.3 is 14.8 Å². The van der Waals surface area contributed by atoms with Gasteiger partial charge in [0, 0.05) is 0 Å². The third-order valence-corrected chi connectivity index (χ3v) is 3.53. The Hall–Kier alpha value is -1.29. The lowest BCUT2D eigenvalue weighted by molar-refractivity contribution is 0.170. The van der Waals surface area contributed by atoms with Crippen molar-refractivity contribution in [2.75, 3.05) is 19.9 Å². The number of hydrogen-bond donors (Lipinski definition) is 1. The van der Waals surface area contributed by atoms with Crippen LogP contribution in [0.5, 0.6) is 11.5 Å². The van der Waals surface area contributed by atoms with Crippen LogP contribution in [0.4, 0.5) is 4.39 Å². The van der Waals surface area contributed by atoms with Crippen LogP contribution in [0.25, 0.3) is 0 Å². The molecule has 4 heteroatoms. The van der Waals surface area contributed by atoms with Crippen molar-refractivity contribution >= 4 is 0 Å². The average molecular weight is 237 g/mol. The zero-order chi connectivity index (χ0) is 11.7. The minimum atomic E-state index is -0.237. The Balaban J connectivity index is 1.78. The quantitative estimate of drug-likeness (QED) is 0.854. The maximum absolute atomic E-state index is 14.1. The smallest absolute Gasteiger partial charge is 0.231 e. The molecule has 2 heterocycles. The van der Waals surface area contributed by atoms with E-state index in [1.54, 1.807) is 0 Å². The first-order valence-corrected chi connectivity index (χ1v) is 6.12. The minimum absolute atomic E-state index is 0.128. The number of hydrogen-bond acceptors (Lipinski definition) is 3. The lowest BCUT2D eigenvalue weighted by Gasteiger charge is -2.22. The molecule has 1 aromatic rings. The second-order valence-electron chi connectivity index (χ2n) is 4.67. The van der Waals surface area contributed by atoms with Gasteiger partial charge >= 0.3 is 0 Å². The molecule has 1 aromatic carbocycles. The van der Waals surface area contributed by atoms with E-state index in [2.05, 4.69) is 5.32 Å². The third kappa shape index (κ3) is 2.09. The first-order valence-electron chi connectivity index (χ1n) is 6.12. The molecular formula is C13H16FNO2. The van der Waals surface area contributed by atoms with Crippen molar-refractivity contribution in [3.8, 4) is 11.5 Å². The maximum atomic E-state index is 14.1. The largest absolute Gasteiger partial charge is 0.453 e. The molecule has 0 atom stereocenters. The summed E-state index contributed by atoms with van der Waals surface area (Å²) in [6.07, 6.45) is 3.03. The predicted octanol–water partition coefficient (Wildman–Crippen LogP) is 2.10. The number of piperidine rings is 1. The monoisotopic (exact) mass is 237 g/mol. The molecule has 1 N–H and O–H groups in total. The van der Waals surface area contributed by atoms with Gasteiger partial charge in [-0.1, -0.05) is 6.07 Å².